The lowest BCUT2D eigenvalue weighted by molar-refractivity contribution is -0.142. The number of likely N-dealkylation sites (tertiary alicyclic amines) is 1. The lowest BCUT2D eigenvalue weighted by Gasteiger charge is -2.36. The summed E-state index contributed by atoms with van der Waals surface area (Å²) in [5, 5.41) is 2.12. The first kappa shape index (κ1) is 42.4. The number of carbonyl (C=O) groups excluding carboxylic acids is 4. The molecule has 2 aromatic carbocycles. The second-order valence-corrected chi connectivity index (χ2v) is 19.6. The zero-order chi connectivity index (χ0) is 42.2. The maximum Gasteiger partial charge on any atom is 0.408 e. The maximum absolute atomic E-state index is 14.7. The molecule has 2 N–H and O–H groups in total. The second kappa shape index (κ2) is 16.2. The molecular formula is C44H54N4O9S. The summed E-state index contributed by atoms with van der Waals surface area (Å²) in [6, 6.07) is 18.5. The molecule has 2 saturated carbocycles. The Labute approximate surface area is 341 Å². The summed E-state index contributed by atoms with van der Waals surface area (Å²) >= 11 is 0. The van der Waals surface area contributed by atoms with Gasteiger partial charge in [0.05, 0.1) is 41.7 Å². The van der Waals surface area contributed by atoms with Crippen LogP contribution in [0.1, 0.15) is 73.6 Å². The predicted octanol–water partition coefficient (Wildman–Crippen LogP) is 6.47. The first-order valence-electron chi connectivity index (χ1n) is 19.6. The zero-order valence-corrected chi connectivity index (χ0v) is 35.1. The highest BCUT2D eigenvalue weighted by molar-refractivity contribution is 7.90. The first-order chi connectivity index (χ1) is 27.2. The number of allylic oxidation sites excluding steroid dienone is 1. The Hall–Kier alpha value is -5.24. The van der Waals surface area contributed by atoms with Crippen molar-refractivity contribution in [2.45, 2.75) is 103 Å². The van der Waals surface area contributed by atoms with Crippen LogP contribution < -0.4 is 19.5 Å². The molecule has 1 saturated heterocycles. The number of carbonyl (C=O) groups is 4. The van der Waals surface area contributed by atoms with Gasteiger partial charge in [0.1, 0.15) is 29.2 Å². The number of aromatic nitrogens is 1. The summed E-state index contributed by atoms with van der Waals surface area (Å²) in [5.74, 6) is -0.964. The van der Waals surface area contributed by atoms with Crippen molar-refractivity contribution in [1.29, 1.82) is 0 Å². The van der Waals surface area contributed by atoms with Crippen molar-refractivity contribution in [3.8, 4) is 34.0 Å². The molecule has 3 aromatic rings. The molecular weight excluding hydrogens is 761 g/mol. The van der Waals surface area contributed by atoms with E-state index in [2.05, 4.69) is 16.6 Å². The third-order valence-corrected chi connectivity index (χ3v) is 12.6. The SMILES string of the molecule is C=C[C@@H]1C[C@]1(CC(=O)[C@@H]1C[C@@H](Oc2cc(-c3ccccc3)nc(-c3ccc(OC)cc3)c2)CN1C(=O)[C@@H](NC(=O)OC(C)(C)C)C(C)(C)C)C(=O)NS(=O)(=O)C1CC1. The van der Waals surface area contributed by atoms with Gasteiger partial charge in [-0.3, -0.25) is 19.1 Å². The number of methoxy groups -OCH3 is 1. The number of ketones is 1. The van der Waals surface area contributed by atoms with Crippen molar-refractivity contribution >= 4 is 33.7 Å². The number of benzene rings is 2. The Morgan fingerprint density at radius 2 is 1.57 bits per heavy atom. The number of amides is 3. The normalized spacial score (nSPS) is 22.3. The summed E-state index contributed by atoms with van der Waals surface area (Å²) in [7, 11) is -2.29. The van der Waals surface area contributed by atoms with Crippen LogP contribution >= 0.6 is 0 Å². The Morgan fingerprint density at radius 1 is 0.948 bits per heavy atom. The van der Waals surface area contributed by atoms with Crippen LogP contribution in [-0.4, -0.2) is 84.7 Å². The quantitative estimate of drug-likeness (QED) is 0.172. The number of Topliss-reactive ketones (excluding diaryl/α,β-unsaturated/α-hetero) is 1. The lowest BCUT2D eigenvalue weighted by Crippen LogP contribution is -2.57. The molecule has 6 rings (SSSR count). The van der Waals surface area contributed by atoms with Crippen molar-refractivity contribution in [1.82, 2.24) is 19.9 Å². The van der Waals surface area contributed by atoms with Gasteiger partial charge >= 0.3 is 6.09 Å². The molecule has 0 spiro atoms. The van der Waals surface area contributed by atoms with Crippen molar-refractivity contribution in [3.05, 3.63) is 79.4 Å². The predicted molar refractivity (Wildman–Crippen MR) is 219 cm³/mol. The van der Waals surface area contributed by atoms with Crippen molar-refractivity contribution in [3.63, 3.8) is 0 Å². The van der Waals surface area contributed by atoms with E-state index in [9.17, 15) is 27.6 Å². The summed E-state index contributed by atoms with van der Waals surface area (Å²) in [6.45, 7) is 14.4. The van der Waals surface area contributed by atoms with E-state index >= 15 is 0 Å². The van der Waals surface area contributed by atoms with Gasteiger partial charge in [-0.2, -0.15) is 0 Å². The highest BCUT2D eigenvalue weighted by atomic mass is 32.2. The molecule has 0 radical (unpaired) electrons. The second-order valence-electron chi connectivity index (χ2n) is 17.6. The van der Waals surface area contributed by atoms with Crippen LogP contribution in [0.4, 0.5) is 4.79 Å². The van der Waals surface area contributed by atoms with Crippen molar-refractivity contribution < 1.29 is 41.8 Å². The number of alkyl carbamates (subject to hydrolysis) is 1. The minimum absolute atomic E-state index is 0.0151. The number of hydrogen-bond donors (Lipinski definition) is 2. The van der Waals surface area contributed by atoms with Crippen LogP contribution in [0.25, 0.3) is 22.5 Å². The third-order valence-electron chi connectivity index (χ3n) is 10.8. The smallest absolute Gasteiger partial charge is 0.408 e. The number of rotatable bonds is 14. The fourth-order valence-corrected chi connectivity index (χ4v) is 8.80. The van der Waals surface area contributed by atoms with Crippen LogP contribution in [0.15, 0.2) is 79.4 Å². The van der Waals surface area contributed by atoms with Gasteiger partial charge in [0.25, 0.3) is 0 Å². The molecule has 3 fully saturated rings. The molecule has 2 heterocycles. The number of hydrogen-bond acceptors (Lipinski definition) is 10. The minimum atomic E-state index is -3.88. The fourth-order valence-electron chi connectivity index (χ4n) is 7.41. The molecule has 0 bridgehead atoms. The van der Waals surface area contributed by atoms with E-state index in [-0.39, 0.29) is 25.8 Å². The van der Waals surface area contributed by atoms with Gasteiger partial charge in [-0.1, -0.05) is 57.2 Å². The Balaban J connectivity index is 1.33. The maximum atomic E-state index is 14.7. The first-order valence-corrected chi connectivity index (χ1v) is 21.2. The van der Waals surface area contributed by atoms with Gasteiger partial charge in [-0.05, 0) is 75.6 Å². The van der Waals surface area contributed by atoms with Crippen LogP contribution in [0, 0.1) is 16.7 Å². The number of nitrogens with one attached hydrogen (secondary N) is 2. The topological polar surface area (TPSA) is 170 Å². The molecule has 14 heteroatoms. The van der Waals surface area contributed by atoms with Crippen LogP contribution in [-0.2, 0) is 29.1 Å². The van der Waals surface area contributed by atoms with E-state index < -0.39 is 79.5 Å². The molecule has 0 unspecified atom stereocenters. The van der Waals surface area contributed by atoms with E-state index in [0.29, 0.717) is 35.7 Å². The summed E-state index contributed by atoms with van der Waals surface area (Å²) < 4.78 is 45.4. The van der Waals surface area contributed by atoms with Crippen molar-refractivity contribution in [2.75, 3.05) is 13.7 Å². The minimum Gasteiger partial charge on any atom is -0.497 e. The number of ether oxygens (including phenoxy) is 3. The molecule has 3 amide bonds. The fraction of sp³-hybridized carbons (Fsp3) is 0.477. The Bertz CT molecular complexity index is 2160. The lowest BCUT2D eigenvalue weighted by atomic mass is 9.85. The highest BCUT2D eigenvalue weighted by Gasteiger charge is 2.61. The molecule has 1 aliphatic heterocycles. The Kier molecular flexibility index (Phi) is 11.8. The highest BCUT2D eigenvalue weighted by Crippen LogP contribution is 2.57. The summed E-state index contributed by atoms with van der Waals surface area (Å²) in [4.78, 5) is 62.3. The van der Waals surface area contributed by atoms with Gasteiger partial charge < -0.3 is 24.4 Å². The standard InChI is InChI=1S/C44H54N4O9S/c1-9-29-24-44(29,40(51)47-58(53,54)33-19-20-33)25-37(49)36-23-32(26-48(36)39(50)38(42(2,3)4)46-41(52)57-43(5,6)7)56-31-21-34(27-13-11-10-12-14-27)45-35(22-31)28-15-17-30(55-8)18-16-28/h9-18,21-22,29,32-33,36,38H,1,19-20,23-26H2,2-8H3,(H,46,52)(H,47,51)/t29-,32-,36+,38-,44-/m1/s1. The van der Waals surface area contributed by atoms with E-state index in [1.165, 1.54) is 4.90 Å². The van der Waals surface area contributed by atoms with E-state index in [1.54, 1.807) is 60.8 Å². The third kappa shape index (κ3) is 9.71. The monoisotopic (exact) mass is 814 g/mol. The van der Waals surface area contributed by atoms with Crippen LogP contribution in [0.5, 0.6) is 11.5 Å². The molecule has 58 heavy (non-hydrogen) atoms. The van der Waals surface area contributed by atoms with Gasteiger partial charge in [0.15, 0.2) is 5.78 Å². The average Bonchev–Trinajstić information content (AvgIpc) is 4.09. The molecule has 2 aliphatic carbocycles. The van der Waals surface area contributed by atoms with Crippen molar-refractivity contribution in [2.24, 2.45) is 16.7 Å². The van der Waals surface area contributed by atoms with E-state index in [0.717, 1.165) is 11.1 Å². The summed E-state index contributed by atoms with van der Waals surface area (Å²) in [6.07, 6.45) is 1.03. The van der Waals surface area contributed by atoms with Gasteiger partial charge in [0.2, 0.25) is 21.8 Å². The number of sulfonamides is 1. The average molecular weight is 815 g/mol. The van der Waals surface area contributed by atoms with Gasteiger partial charge in [-0.25, -0.2) is 18.2 Å². The van der Waals surface area contributed by atoms with Gasteiger partial charge in [-0.15, -0.1) is 6.58 Å². The number of pyridine rings is 1. The van der Waals surface area contributed by atoms with Crippen LogP contribution in [0.2, 0.25) is 0 Å². The molecule has 3 aliphatic rings. The molecule has 13 nitrogen and oxygen atoms in total. The van der Waals surface area contributed by atoms with E-state index in [4.69, 9.17) is 19.2 Å². The molecule has 1 aromatic heterocycles. The molecule has 310 valence electrons. The summed E-state index contributed by atoms with van der Waals surface area (Å²) in [5.41, 5.74) is -0.0205. The Morgan fingerprint density at radius 3 is 2.10 bits per heavy atom. The van der Waals surface area contributed by atoms with Gasteiger partial charge in [0, 0.05) is 36.1 Å². The molecule has 5 atom stereocenters. The van der Waals surface area contributed by atoms with E-state index in [1.807, 2.05) is 60.7 Å². The van der Waals surface area contributed by atoms with Crippen LogP contribution in [0.3, 0.4) is 0 Å². The number of nitrogens with zero attached hydrogens (tertiary/aromatic N) is 2. The largest absolute Gasteiger partial charge is 0.497 e. The zero-order valence-electron chi connectivity index (χ0n) is 34.2.